The van der Waals surface area contributed by atoms with E-state index in [2.05, 4.69) is 60.7 Å². The second-order valence-corrected chi connectivity index (χ2v) is 5.66. The van der Waals surface area contributed by atoms with Crippen molar-refractivity contribution in [2.24, 2.45) is 0 Å². The monoisotopic (exact) mass is 296 g/mol. The fourth-order valence-electron chi connectivity index (χ4n) is 2.93. The summed E-state index contributed by atoms with van der Waals surface area (Å²) < 4.78 is 0. The lowest BCUT2D eigenvalue weighted by molar-refractivity contribution is 0.481. The highest BCUT2D eigenvalue weighted by Crippen LogP contribution is 2.30. The molecule has 0 aromatic heterocycles. The number of aromatic hydroxyl groups is 1. The van der Waals surface area contributed by atoms with Gasteiger partial charge in [0.05, 0.1) is 0 Å². The molecule has 0 unspecified atom stereocenters. The van der Waals surface area contributed by atoms with Gasteiger partial charge in [-0.25, -0.2) is 0 Å². The summed E-state index contributed by atoms with van der Waals surface area (Å²) >= 11 is 0. The second kappa shape index (κ2) is 5.62. The van der Waals surface area contributed by atoms with E-state index in [0.717, 1.165) is 16.3 Å². The number of rotatable bonds is 2. The molecule has 0 saturated heterocycles. The van der Waals surface area contributed by atoms with Crippen LogP contribution in [0.1, 0.15) is 0 Å². The Hall–Kier alpha value is -3.06. The van der Waals surface area contributed by atoms with E-state index in [0.29, 0.717) is 5.75 Å². The highest BCUT2D eigenvalue weighted by atomic mass is 16.3. The van der Waals surface area contributed by atoms with Crippen LogP contribution in [0.5, 0.6) is 5.75 Å². The van der Waals surface area contributed by atoms with E-state index in [9.17, 15) is 5.11 Å². The van der Waals surface area contributed by atoms with Gasteiger partial charge in [0.1, 0.15) is 5.75 Å². The fraction of sp³-hybridized carbons (Fsp3) is 0. The lowest BCUT2D eigenvalue weighted by Gasteiger charge is -2.07. The molecule has 1 N–H and O–H groups in total. The quantitative estimate of drug-likeness (QED) is 0.490. The zero-order valence-corrected chi connectivity index (χ0v) is 12.6. The van der Waals surface area contributed by atoms with Gasteiger partial charge >= 0.3 is 0 Å². The van der Waals surface area contributed by atoms with Crippen LogP contribution in [0.2, 0.25) is 0 Å². The van der Waals surface area contributed by atoms with Crippen molar-refractivity contribution < 1.29 is 5.11 Å². The maximum Gasteiger partial charge on any atom is 0.123 e. The first-order chi connectivity index (χ1) is 11.3. The van der Waals surface area contributed by atoms with E-state index < -0.39 is 0 Å². The molecule has 0 aliphatic rings. The summed E-state index contributed by atoms with van der Waals surface area (Å²) in [6.07, 6.45) is 0. The Bertz CT molecular complexity index is 954. The first-order valence-corrected chi connectivity index (χ1v) is 7.69. The predicted molar refractivity (Wildman–Crippen MR) is 96.5 cm³/mol. The van der Waals surface area contributed by atoms with Gasteiger partial charge in [-0.2, -0.15) is 0 Å². The second-order valence-electron chi connectivity index (χ2n) is 5.66. The molecule has 0 amide bonds. The maximum absolute atomic E-state index is 9.90. The van der Waals surface area contributed by atoms with E-state index in [1.54, 1.807) is 6.07 Å². The molecular weight excluding hydrogens is 280 g/mol. The number of phenolic OH excluding ortho intramolecular Hbond substituents is 1. The average Bonchev–Trinajstić information content (AvgIpc) is 2.63. The van der Waals surface area contributed by atoms with Crippen LogP contribution in [-0.4, -0.2) is 5.11 Å². The summed E-state index contributed by atoms with van der Waals surface area (Å²) in [5, 5.41) is 11.8. The van der Waals surface area contributed by atoms with Gasteiger partial charge in [-0.15, -0.1) is 0 Å². The van der Waals surface area contributed by atoms with E-state index in [-0.39, 0.29) is 0 Å². The Morgan fingerprint density at radius 2 is 1.09 bits per heavy atom. The van der Waals surface area contributed by atoms with Gasteiger partial charge in [-0.05, 0) is 39.8 Å². The molecule has 0 heterocycles. The van der Waals surface area contributed by atoms with Crippen molar-refractivity contribution in [3.63, 3.8) is 0 Å². The smallest absolute Gasteiger partial charge is 0.123 e. The van der Waals surface area contributed by atoms with Crippen LogP contribution in [0.15, 0.2) is 91.0 Å². The SMILES string of the molecule is Oc1cccc2cc(-c3ccc(-c4ccccc4)cc3)ccc12. The highest BCUT2D eigenvalue weighted by Gasteiger charge is 2.03. The summed E-state index contributed by atoms with van der Waals surface area (Å²) in [6.45, 7) is 0. The van der Waals surface area contributed by atoms with E-state index in [1.165, 1.54) is 16.7 Å². The van der Waals surface area contributed by atoms with E-state index >= 15 is 0 Å². The van der Waals surface area contributed by atoms with Gasteiger partial charge in [0.25, 0.3) is 0 Å². The van der Waals surface area contributed by atoms with Crippen LogP contribution >= 0.6 is 0 Å². The Labute approximate surface area is 135 Å². The van der Waals surface area contributed by atoms with Crippen LogP contribution in [0.25, 0.3) is 33.0 Å². The van der Waals surface area contributed by atoms with Crippen molar-refractivity contribution in [3.8, 4) is 28.0 Å². The van der Waals surface area contributed by atoms with Gasteiger partial charge in [0, 0.05) is 5.39 Å². The molecule has 4 aromatic rings. The Morgan fingerprint density at radius 1 is 0.478 bits per heavy atom. The van der Waals surface area contributed by atoms with Gasteiger partial charge in [-0.3, -0.25) is 0 Å². The van der Waals surface area contributed by atoms with Crippen LogP contribution in [0.3, 0.4) is 0 Å². The molecule has 0 saturated carbocycles. The first kappa shape index (κ1) is 13.6. The molecule has 0 bridgehead atoms. The highest BCUT2D eigenvalue weighted by molar-refractivity contribution is 5.91. The molecule has 0 aliphatic heterocycles. The summed E-state index contributed by atoms with van der Waals surface area (Å²) in [7, 11) is 0. The van der Waals surface area contributed by atoms with Crippen molar-refractivity contribution >= 4 is 10.8 Å². The lowest BCUT2D eigenvalue weighted by Crippen LogP contribution is -1.81. The molecule has 4 aromatic carbocycles. The molecule has 0 fully saturated rings. The molecule has 0 atom stereocenters. The maximum atomic E-state index is 9.90. The molecule has 23 heavy (non-hydrogen) atoms. The fourth-order valence-corrected chi connectivity index (χ4v) is 2.93. The molecule has 4 rings (SSSR count). The summed E-state index contributed by atoms with van der Waals surface area (Å²) in [5.74, 6) is 0.327. The molecule has 1 nitrogen and oxygen atoms in total. The normalized spacial score (nSPS) is 10.8. The molecule has 110 valence electrons. The number of fused-ring (bicyclic) bond motifs is 1. The topological polar surface area (TPSA) is 20.2 Å². The number of hydrogen-bond acceptors (Lipinski definition) is 1. The van der Waals surface area contributed by atoms with Crippen molar-refractivity contribution in [1.29, 1.82) is 0 Å². The van der Waals surface area contributed by atoms with Crippen molar-refractivity contribution in [2.75, 3.05) is 0 Å². The molecular formula is C22H16O. The first-order valence-electron chi connectivity index (χ1n) is 7.69. The zero-order chi connectivity index (χ0) is 15.6. The number of benzene rings is 4. The number of phenols is 1. The van der Waals surface area contributed by atoms with Crippen LogP contribution in [0.4, 0.5) is 0 Å². The summed E-state index contributed by atoms with van der Waals surface area (Å²) in [6, 6.07) is 30.7. The zero-order valence-electron chi connectivity index (χ0n) is 12.6. The Balaban J connectivity index is 1.73. The molecule has 0 radical (unpaired) electrons. The third kappa shape index (κ3) is 2.58. The van der Waals surface area contributed by atoms with Gasteiger partial charge < -0.3 is 5.11 Å². The Kier molecular flexibility index (Phi) is 3.32. The van der Waals surface area contributed by atoms with Crippen molar-refractivity contribution in [3.05, 3.63) is 91.0 Å². The largest absolute Gasteiger partial charge is 0.507 e. The van der Waals surface area contributed by atoms with Crippen molar-refractivity contribution in [1.82, 2.24) is 0 Å². The average molecular weight is 296 g/mol. The third-order valence-corrected chi connectivity index (χ3v) is 4.18. The molecule has 0 spiro atoms. The van der Waals surface area contributed by atoms with Crippen LogP contribution in [0, 0.1) is 0 Å². The minimum absolute atomic E-state index is 0.327. The van der Waals surface area contributed by atoms with Crippen molar-refractivity contribution in [2.45, 2.75) is 0 Å². The lowest BCUT2D eigenvalue weighted by atomic mass is 9.98. The van der Waals surface area contributed by atoms with Gasteiger partial charge in [-0.1, -0.05) is 78.9 Å². The summed E-state index contributed by atoms with van der Waals surface area (Å²) in [5.41, 5.74) is 4.77. The summed E-state index contributed by atoms with van der Waals surface area (Å²) in [4.78, 5) is 0. The standard InChI is InChI=1S/C22H16O/c23-22-8-4-7-20-15-19(13-14-21(20)22)18-11-9-17(10-12-18)16-5-2-1-3-6-16/h1-15,23H. The minimum Gasteiger partial charge on any atom is -0.507 e. The molecule has 1 heteroatoms. The predicted octanol–water partition coefficient (Wildman–Crippen LogP) is 5.88. The van der Waals surface area contributed by atoms with Gasteiger partial charge in [0.2, 0.25) is 0 Å². The third-order valence-electron chi connectivity index (χ3n) is 4.18. The molecule has 0 aliphatic carbocycles. The van der Waals surface area contributed by atoms with Gasteiger partial charge in [0.15, 0.2) is 0 Å². The van der Waals surface area contributed by atoms with E-state index in [4.69, 9.17) is 0 Å². The van der Waals surface area contributed by atoms with Crippen LogP contribution in [-0.2, 0) is 0 Å². The number of hydrogen-bond donors (Lipinski definition) is 1. The Morgan fingerprint density at radius 3 is 1.83 bits per heavy atom. The van der Waals surface area contributed by atoms with Crippen LogP contribution < -0.4 is 0 Å². The minimum atomic E-state index is 0.327. The van der Waals surface area contributed by atoms with E-state index in [1.807, 2.05) is 24.3 Å².